The second-order valence-electron chi connectivity index (χ2n) is 4.59. The van der Waals surface area contributed by atoms with E-state index in [2.05, 4.69) is 27.0 Å². The lowest BCUT2D eigenvalue weighted by Crippen LogP contribution is -2.32. The SMILES string of the molecule is CNCCCC(=O)N(Cc1ccsc1)C1CC1. The second-order valence-corrected chi connectivity index (χ2v) is 5.37. The van der Waals surface area contributed by atoms with Crippen molar-refractivity contribution in [2.75, 3.05) is 13.6 Å². The molecule has 0 atom stereocenters. The van der Waals surface area contributed by atoms with Gasteiger partial charge in [-0.2, -0.15) is 11.3 Å². The van der Waals surface area contributed by atoms with Crippen molar-refractivity contribution in [3.8, 4) is 0 Å². The Morgan fingerprint density at radius 3 is 3.00 bits per heavy atom. The summed E-state index contributed by atoms with van der Waals surface area (Å²) >= 11 is 1.70. The van der Waals surface area contributed by atoms with Gasteiger partial charge in [0.05, 0.1) is 0 Å². The molecule has 0 unspecified atom stereocenters. The zero-order valence-electron chi connectivity index (χ0n) is 10.3. The third kappa shape index (κ3) is 3.82. The summed E-state index contributed by atoms with van der Waals surface area (Å²) in [6.45, 7) is 1.72. The largest absolute Gasteiger partial charge is 0.335 e. The van der Waals surface area contributed by atoms with Crippen molar-refractivity contribution in [3.63, 3.8) is 0 Å². The first-order chi connectivity index (χ1) is 8.31. The van der Waals surface area contributed by atoms with Crippen LogP contribution < -0.4 is 5.32 Å². The summed E-state index contributed by atoms with van der Waals surface area (Å²) in [5, 5.41) is 7.29. The minimum absolute atomic E-state index is 0.314. The minimum Gasteiger partial charge on any atom is -0.335 e. The van der Waals surface area contributed by atoms with Gasteiger partial charge in [-0.15, -0.1) is 0 Å². The highest BCUT2D eigenvalue weighted by atomic mass is 32.1. The molecule has 0 radical (unpaired) electrons. The molecule has 0 aliphatic heterocycles. The zero-order chi connectivity index (χ0) is 12.1. The third-order valence-corrected chi connectivity index (χ3v) is 3.79. The monoisotopic (exact) mass is 252 g/mol. The average molecular weight is 252 g/mol. The molecule has 1 aromatic rings. The quantitative estimate of drug-likeness (QED) is 0.755. The third-order valence-electron chi connectivity index (χ3n) is 3.06. The van der Waals surface area contributed by atoms with Crippen molar-refractivity contribution in [3.05, 3.63) is 22.4 Å². The van der Waals surface area contributed by atoms with Gasteiger partial charge in [0.15, 0.2) is 0 Å². The van der Waals surface area contributed by atoms with Crippen LogP contribution in [0.1, 0.15) is 31.2 Å². The highest BCUT2D eigenvalue weighted by Gasteiger charge is 2.32. The molecular formula is C13H20N2OS. The Kier molecular flexibility index (Phi) is 4.57. The van der Waals surface area contributed by atoms with Gasteiger partial charge >= 0.3 is 0 Å². The summed E-state index contributed by atoms with van der Waals surface area (Å²) in [5.74, 6) is 0.314. The van der Waals surface area contributed by atoms with Crippen molar-refractivity contribution in [1.29, 1.82) is 0 Å². The van der Waals surface area contributed by atoms with E-state index in [0.29, 0.717) is 18.4 Å². The van der Waals surface area contributed by atoms with E-state index in [4.69, 9.17) is 0 Å². The summed E-state index contributed by atoms with van der Waals surface area (Å²) in [7, 11) is 1.93. The van der Waals surface area contributed by atoms with Crippen LogP contribution in [0, 0.1) is 0 Å². The Bertz CT molecular complexity index is 346. The number of thiophene rings is 1. The van der Waals surface area contributed by atoms with Gasteiger partial charge in [0.25, 0.3) is 0 Å². The van der Waals surface area contributed by atoms with Crippen molar-refractivity contribution >= 4 is 17.2 Å². The minimum atomic E-state index is 0.314. The van der Waals surface area contributed by atoms with Gasteiger partial charge in [0, 0.05) is 19.0 Å². The van der Waals surface area contributed by atoms with E-state index in [1.54, 1.807) is 11.3 Å². The first kappa shape index (κ1) is 12.6. The van der Waals surface area contributed by atoms with E-state index in [1.165, 1.54) is 18.4 Å². The van der Waals surface area contributed by atoms with Crippen LogP contribution in [-0.2, 0) is 11.3 Å². The fraction of sp³-hybridized carbons (Fsp3) is 0.615. The number of nitrogens with one attached hydrogen (secondary N) is 1. The van der Waals surface area contributed by atoms with Crippen molar-refractivity contribution < 1.29 is 4.79 Å². The van der Waals surface area contributed by atoms with Gasteiger partial charge in [-0.1, -0.05) is 0 Å². The topological polar surface area (TPSA) is 32.3 Å². The maximum Gasteiger partial charge on any atom is 0.223 e. The van der Waals surface area contributed by atoms with Gasteiger partial charge in [-0.3, -0.25) is 4.79 Å². The molecule has 3 nitrogen and oxygen atoms in total. The number of hydrogen-bond donors (Lipinski definition) is 1. The van der Waals surface area contributed by atoms with Crippen molar-refractivity contribution in [1.82, 2.24) is 10.2 Å². The molecule has 0 saturated heterocycles. The number of rotatable bonds is 7. The molecule has 94 valence electrons. The maximum atomic E-state index is 12.1. The van der Waals surface area contributed by atoms with Gasteiger partial charge < -0.3 is 10.2 Å². The molecule has 1 aliphatic rings. The average Bonchev–Trinajstić information content (AvgIpc) is 3.03. The number of carbonyl (C=O) groups is 1. The number of amides is 1. The summed E-state index contributed by atoms with van der Waals surface area (Å²) in [6, 6.07) is 2.62. The van der Waals surface area contributed by atoms with Crippen LogP contribution in [0.15, 0.2) is 16.8 Å². The standard InChI is InChI=1S/C13H20N2OS/c1-14-7-2-3-13(16)15(12-4-5-12)9-11-6-8-17-10-11/h6,8,10,12,14H,2-5,7,9H2,1H3. The molecule has 1 N–H and O–H groups in total. The zero-order valence-corrected chi connectivity index (χ0v) is 11.1. The van der Waals surface area contributed by atoms with Crippen LogP contribution in [0.25, 0.3) is 0 Å². The molecule has 1 fully saturated rings. The number of carbonyl (C=O) groups excluding carboxylic acids is 1. The van der Waals surface area contributed by atoms with Crippen molar-refractivity contribution in [2.45, 2.75) is 38.3 Å². The molecule has 0 bridgehead atoms. The molecule has 1 saturated carbocycles. The lowest BCUT2D eigenvalue weighted by Gasteiger charge is -2.22. The molecule has 17 heavy (non-hydrogen) atoms. The highest BCUT2D eigenvalue weighted by Crippen LogP contribution is 2.29. The van der Waals surface area contributed by atoms with E-state index in [-0.39, 0.29) is 0 Å². The molecule has 0 spiro atoms. The number of nitrogens with zero attached hydrogens (tertiary/aromatic N) is 1. The molecule has 1 amide bonds. The molecule has 1 aliphatic carbocycles. The predicted molar refractivity (Wildman–Crippen MR) is 71.1 cm³/mol. The van der Waals surface area contributed by atoms with Crippen LogP contribution in [0.4, 0.5) is 0 Å². The van der Waals surface area contributed by atoms with Crippen LogP contribution in [0.2, 0.25) is 0 Å². The second kappa shape index (κ2) is 6.17. The van der Waals surface area contributed by atoms with E-state index >= 15 is 0 Å². The van der Waals surface area contributed by atoms with Crippen molar-refractivity contribution in [2.24, 2.45) is 0 Å². The van der Waals surface area contributed by atoms with Crippen LogP contribution >= 0.6 is 11.3 Å². The van der Waals surface area contributed by atoms with E-state index < -0.39 is 0 Å². The van der Waals surface area contributed by atoms with E-state index in [0.717, 1.165) is 19.5 Å². The maximum absolute atomic E-state index is 12.1. The summed E-state index contributed by atoms with van der Waals surface area (Å²) < 4.78 is 0. The highest BCUT2D eigenvalue weighted by molar-refractivity contribution is 7.07. The first-order valence-corrected chi connectivity index (χ1v) is 7.20. The van der Waals surface area contributed by atoms with Gasteiger partial charge in [-0.25, -0.2) is 0 Å². The van der Waals surface area contributed by atoms with E-state index in [1.807, 2.05) is 7.05 Å². The molecule has 0 aromatic carbocycles. The lowest BCUT2D eigenvalue weighted by molar-refractivity contribution is -0.132. The van der Waals surface area contributed by atoms with E-state index in [9.17, 15) is 4.79 Å². The molecular weight excluding hydrogens is 232 g/mol. The molecule has 4 heteroatoms. The van der Waals surface area contributed by atoms with Crippen LogP contribution in [0.5, 0.6) is 0 Å². The fourth-order valence-corrected chi connectivity index (χ4v) is 2.61. The Hall–Kier alpha value is -0.870. The molecule has 1 heterocycles. The Balaban J connectivity index is 1.86. The Morgan fingerprint density at radius 2 is 2.41 bits per heavy atom. The molecule has 1 aromatic heterocycles. The van der Waals surface area contributed by atoms with Crippen LogP contribution in [-0.4, -0.2) is 30.4 Å². The van der Waals surface area contributed by atoms with Gasteiger partial charge in [-0.05, 0) is 55.2 Å². The Labute approximate surface area is 107 Å². The normalized spacial score (nSPS) is 14.9. The summed E-state index contributed by atoms with van der Waals surface area (Å²) in [6.07, 6.45) is 3.97. The van der Waals surface area contributed by atoms with Crippen LogP contribution in [0.3, 0.4) is 0 Å². The van der Waals surface area contributed by atoms with Gasteiger partial charge in [0.2, 0.25) is 5.91 Å². The summed E-state index contributed by atoms with van der Waals surface area (Å²) in [4.78, 5) is 14.2. The first-order valence-electron chi connectivity index (χ1n) is 6.26. The fourth-order valence-electron chi connectivity index (χ4n) is 1.95. The number of hydrogen-bond acceptors (Lipinski definition) is 3. The lowest BCUT2D eigenvalue weighted by atomic mass is 10.2. The molecule has 2 rings (SSSR count). The summed E-state index contributed by atoms with van der Waals surface area (Å²) in [5.41, 5.74) is 1.27. The van der Waals surface area contributed by atoms with Gasteiger partial charge in [0.1, 0.15) is 0 Å². The smallest absolute Gasteiger partial charge is 0.223 e. The Morgan fingerprint density at radius 1 is 1.59 bits per heavy atom. The predicted octanol–water partition coefficient (Wildman–Crippen LogP) is 2.24.